The fourth-order valence-electron chi connectivity index (χ4n) is 1.95. The van der Waals surface area contributed by atoms with Crippen LogP contribution in [0, 0.1) is 0 Å². The third-order valence-corrected chi connectivity index (χ3v) is 4.10. The maximum Gasteiger partial charge on any atom is 0.356 e. The Labute approximate surface area is 139 Å². The van der Waals surface area contributed by atoms with E-state index in [2.05, 4.69) is 15.5 Å². The number of amides is 1. The van der Waals surface area contributed by atoms with Gasteiger partial charge in [0, 0.05) is 18.0 Å². The maximum absolute atomic E-state index is 12.3. The van der Waals surface area contributed by atoms with Crippen LogP contribution in [0.15, 0.2) is 16.7 Å². The molecule has 0 bridgehead atoms. The Hall–Kier alpha value is -1.96. The number of carbonyl (C=O) groups is 2. The molecule has 1 N–H and O–H groups in total. The van der Waals surface area contributed by atoms with Crippen LogP contribution >= 0.6 is 11.3 Å². The first kappa shape index (κ1) is 17.4. The summed E-state index contributed by atoms with van der Waals surface area (Å²) >= 11 is 1.46. The number of nitrogens with zero attached hydrogens (tertiary/aromatic N) is 2. The van der Waals surface area contributed by atoms with Crippen molar-refractivity contribution < 1.29 is 19.2 Å². The van der Waals surface area contributed by atoms with Gasteiger partial charge in [-0.25, -0.2) is 9.78 Å². The third kappa shape index (κ3) is 4.51. The SMILES string of the molecule is CC(C)(C)OC(=O)C1=NOC(C(=O)NC(C)(C)c2nccs2)C1. The van der Waals surface area contributed by atoms with Gasteiger partial charge in [0.15, 0.2) is 5.71 Å². The van der Waals surface area contributed by atoms with Crippen molar-refractivity contribution in [1.29, 1.82) is 0 Å². The van der Waals surface area contributed by atoms with Gasteiger partial charge in [0.1, 0.15) is 10.6 Å². The Morgan fingerprint density at radius 2 is 2.04 bits per heavy atom. The molecule has 1 aliphatic heterocycles. The topological polar surface area (TPSA) is 89.9 Å². The maximum atomic E-state index is 12.3. The first-order valence-corrected chi connectivity index (χ1v) is 8.14. The van der Waals surface area contributed by atoms with Crippen LogP contribution in [0.2, 0.25) is 0 Å². The van der Waals surface area contributed by atoms with Crippen molar-refractivity contribution in [1.82, 2.24) is 10.3 Å². The van der Waals surface area contributed by atoms with Gasteiger partial charge in [0.2, 0.25) is 6.10 Å². The van der Waals surface area contributed by atoms with E-state index in [1.54, 1.807) is 27.0 Å². The highest BCUT2D eigenvalue weighted by Gasteiger charge is 2.36. The first-order chi connectivity index (χ1) is 10.6. The molecule has 23 heavy (non-hydrogen) atoms. The summed E-state index contributed by atoms with van der Waals surface area (Å²) in [4.78, 5) is 33.5. The molecule has 8 heteroatoms. The molecule has 1 unspecified atom stereocenters. The number of ether oxygens (including phenoxy) is 1. The van der Waals surface area contributed by atoms with Crippen LogP contribution in [0.5, 0.6) is 0 Å². The van der Waals surface area contributed by atoms with Gasteiger partial charge in [-0.3, -0.25) is 4.79 Å². The van der Waals surface area contributed by atoms with Gasteiger partial charge >= 0.3 is 5.97 Å². The van der Waals surface area contributed by atoms with E-state index in [1.165, 1.54) is 11.3 Å². The first-order valence-electron chi connectivity index (χ1n) is 7.26. The van der Waals surface area contributed by atoms with Gasteiger partial charge in [0.05, 0.1) is 5.54 Å². The summed E-state index contributed by atoms with van der Waals surface area (Å²) in [5.74, 6) is -0.903. The van der Waals surface area contributed by atoms with E-state index in [0.717, 1.165) is 5.01 Å². The molecule has 1 aromatic rings. The lowest BCUT2D eigenvalue weighted by Crippen LogP contribution is -2.46. The summed E-state index contributed by atoms with van der Waals surface area (Å²) in [6, 6.07) is 0. The van der Waals surface area contributed by atoms with Crippen LogP contribution in [-0.4, -0.2) is 34.3 Å². The van der Waals surface area contributed by atoms with Crippen molar-refractivity contribution in [3.05, 3.63) is 16.6 Å². The molecule has 0 saturated carbocycles. The van der Waals surface area contributed by atoms with Crippen molar-refractivity contribution in [2.24, 2.45) is 5.16 Å². The lowest BCUT2D eigenvalue weighted by molar-refractivity contribution is -0.146. The van der Waals surface area contributed by atoms with Gasteiger partial charge in [-0.2, -0.15) is 0 Å². The smallest absolute Gasteiger partial charge is 0.356 e. The molecule has 1 aliphatic rings. The van der Waals surface area contributed by atoms with Crippen LogP contribution in [0.1, 0.15) is 46.0 Å². The highest BCUT2D eigenvalue weighted by molar-refractivity contribution is 7.09. The number of esters is 1. The molecule has 2 rings (SSSR count). The monoisotopic (exact) mass is 339 g/mol. The Morgan fingerprint density at radius 3 is 2.61 bits per heavy atom. The molecule has 0 radical (unpaired) electrons. The van der Waals surface area contributed by atoms with Crippen LogP contribution in [0.4, 0.5) is 0 Å². The van der Waals surface area contributed by atoms with Gasteiger partial charge in [-0.15, -0.1) is 11.3 Å². The second-order valence-electron chi connectivity index (χ2n) is 6.79. The number of hydrogen-bond donors (Lipinski definition) is 1. The van der Waals surface area contributed by atoms with E-state index >= 15 is 0 Å². The molecule has 0 aromatic carbocycles. The predicted molar refractivity (Wildman–Crippen MR) is 86.1 cm³/mol. The normalized spacial score (nSPS) is 18.1. The summed E-state index contributed by atoms with van der Waals surface area (Å²) in [5, 5.41) is 9.19. The minimum atomic E-state index is -0.836. The second kappa shape index (κ2) is 6.27. The summed E-state index contributed by atoms with van der Waals surface area (Å²) < 4.78 is 5.22. The molecular weight excluding hydrogens is 318 g/mol. The van der Waals surface area contributed by atoms with E-state index in [4.69, 9.17) is 9.57 Å². The van der Waals surface area contributed by atoms with Crippen LogP contribution in [0.3, 0.4) is 0 Å². The Morgan fingerprint density at radius 1 is 1.35 bits per heavy atom. The quantitative estimate of drug-likeness (QED) is 0.847. The largest absolute Gasteiger partial charge is 0.455 e. The van der Waals surface area contributed by atoms with Crippen molar-refractivity contribution in [2.45, 2.75) is 58.3 Å². The summed E-state index contributed by atoms with van der Waals surface area (Å²) in [6.07, 6.45) is 0.940. The van der Waals surface area contributed by atoms with E-state index in [1.807, 2.05) is 19.2 Å². The molecular formula is C15H21N3O4S. The summed E-state index contributed by atoms with van der Waals surface area (Å²) in [5.41, 5.74) is -1.12. The Kier molecular flexibility index (Phi) is 4.74. The predicted octanol–water partition coefficient (Wildman–Crippen LogP) is 1.98. The standard InChI is InChI=1S/C15H21N3O4S/c1-14(2,3)21-12(20)9-8-10(22-18-9)11(19)17-15(4,5)13-16-6-7-23-13/h6-7,10H,8H2,1-5H3,(H,17,19). The fraction of sp³-hybridized carbons (Fsp3) is 0.600. The van der Waals surface area contributed by atoms with Gasteiger partial charge in [-0.05, 0) is 34.6 Å². The molecule has 0 aliphatic carbocycles. The molecule has 1 aromatic heterocycles. The minimum Gasteiger partial charge on any atom is -0.455 e. The van der Waals surface area contributed by atoms with Crippen molar-refractivity contribution in [2.75, 3.05) is 0 Å². The average molecular weight is 339 g/mol. The zero-order valence-electron chi connectivity index (χ0n) is 13.9. The van der Waals surface area contributed by atoms with Crippen molar-refractivity contribution in [3.63, 3.8) is 0 Å². The molecule has 0 saturated heterocycles. The molecule has 1 amide bonds. The van der Waals surface area contributed by atoms with E-state index in [9.17, 15) is 9.59 Å². The van der Waals surface area contributed by atoms with Gasteiger partial charge < -0.3 is 14.9 Å². The van der Waals surface area contributed by atoms with Crippen molar-refractivity contribution in [3.8, 4) is 0 Å². The molecule has 7 nitrogen and oxygen atoms in total. The average Bonchev–Trinajstić information content (AvgIpc) is 3.08. The molecule has 2 heterocycles. The molecule has 126 valence electrons. The summed E-state index contributed by atoms with van der Waals surface area (Å²) in [6.45, 7) is 9.01. The van der Waals surface area contributed by atoms with Crippen LogP contribution < -0.4 is 5.32 Å². The van der Waals surface area contributed by atoms with E-state index in [-0.39, 0.29) is 18.0 Å². The highest BCUT2D eigenvalue weighted by Crippen LogP contribution is 2.23. The number of aromatic nitrogens is 1. The van der Waals surface area contributed by atoms with Gasteiger partial charge in [-0.1, -0.05) is 5.16 Å². The Balaban J connectivity index is 1.93. The van der Waals surface area contributed by atoms with Gasteiger partial charge in [0.25, 0.3) is 5.91 Å². The lowest BCUT2D eigenvalue weighted by atomic mass is 10.1. The number of oxime groups is 1. The highest BCUT2D eigenvalue weighted by atomic mass is 32.1. The zero-order chi connectivity index (χ0) is 17.3. The zero-order valence-corrected chi connectivity index (χ0v) is 14.7. The number of carbonyl (C=O) groups excluding carboxylic acids is 2. The molecule has 0 spiro atoms. The lowest BCUT2D eigenvalue weighted by Gasteiger charge is -2.25. The number of hydrogen-bond acceptors (Lipinski definition) is 7. The van der Waals surface area contributed by atoms with Crippen molar-refractivity contribution >= 4 is 28.9 Å². The molecule has 1 atom stereocenters. The third-order valence-electron chi connectivity index (χ3n) is 3.00. The minimum absolute atomic E-state index is 0.0920. The summed E-state index contributed by atoms with van der Waals surface area (Å²) in [7, 11) is 0. The van der Waals surface area contributed by atoms with Crippen LogP contribution in [-0.2, 0) is 24.7 Å². The van der Waals surface area contributed by atoms with E-state index < -0.39 is 23.2 Å². The van der Waals surface area contributed by atoms with Crippen LogP contribution in [0.25, 0.3) is 0 Å². The fourth-order valence-corrected chi connectivity index (χ4v) is 2.67. The number of thiazole rings is 1. The number of rotatable bonds is 4. The second-order valence-corrected chi connectivity index (χ2v) is 7.68. The number of nitrogens with one attached hydrogen (secondary N) is 1. The van der Waals surface area contributed by atoms with E-state index in [0.29, 0.717) is 0 Å². The Bertz CT molecular complexity index is 617. The molecule has 0 fully saturated rings.